The van der Waals surface area contributed by atoms with Gasteiger partial charge in [0, 0.05) is 28.4 Å². The van der Waals surface area contributed by atoms with E-state index in [1.807, 2.05) is 18.2 Å². The lowest BCUT2D eigenvalue weighted by Crippen LogP contribution is -2.32. The van der Waals surface area contributed by atoms with Crippen LogP contribution in [-0.2, 0) is 4.79 Å². The van der Waals surface area contributed by atoms with Crippen LogP contribution in [0.5, 0.6) is 5.75 Å². The summed E-state index contributed by atoms with van der Waals surface area (Å²) in [6, 6.07) is 20.7. The third-order valence-electron chi connectivity index (χ3n) is 5.24. The van der Waals surface area contributed by atoms with Crippen LogP contribution in [0.3, 0.4) is 0 Å². The number of aromatic nitrogens is 1. The molecule has 0 radical (unpaired) electrons. The van der Waals surface area contributed by atoms with Gasteiger partial charge in [0.25, 0.3) is 0 Å². The summed E-state index contributed by atoms with van der Waals surface area (Å²) in [7, 11) is 0. The van der Waals surface area contributed by atoms with E-state index in [2.05, 4.69) is 15.6 Å². The molecule has 5 aromatic rings. The van der Waals surface area contributed by atoms with Gasteiger partial charge < -0.3 is 19.3 Å². The summed E-state index contributed by atoms with van der Waals surface area (Å²) >= 11 is 17.4. The second-order valence-electron chi connectivity index (χ2n) is 7.82. The minimum Gasteiger partial charge on any atom is -0.507 e. The Kier molecular flexibility index (Phi) is 6.96. The topological polar surface area (TPSA) is 101 Å². The van der Waals surface area contributed by atoms with Gasteiger partial charge >= 0.3 is 0 Å². The number of fused-ring (bicyclic) bond motifs is 1. The first-order valence-corrected chi connectivity index (χ1v) is 12.1. The molecule has 0 unspecified atom stereocenters. The van der Waals surface area contributed by atoms with Crippen LogP contribution in [0.4, 0.5) is 5.69 Å². The van der Waals surface area contributed by atoms with E-state index >= 15 is 0 Å². The van der Waals surface area contributed by atoms with E-state index in [-0.39, 0.29) is 10.9 Å². The fraction of sp³-hybridized carbons (Fsp3) is 0. The molecule has 0 spiro atoms. The first-order chi connectivity index (χ1) is 17.9. The smallest absolute Gasteiger partial charge is 0.250 e. The summed E-state index contributed by atoms with van der Waals surface area (Å²) in [5, 5.41) is 16.9. The summed E-state index contributed by atoms with van der Waals surface area (Å²) < 4.78 is 11.4. The number of hydrogen-bond donors (Lipinski definition) is 3. The lowest BCUT2D eigenvalue weighted by atomic mass is 10.2. The highest BCUT2D eigenvalue weighted by atomic mass is 35.5. The number of nitrogens with one attached hydrogen (secondary N) is 2. The second kappa shape index (κ2) is 10.5. The molecule has 184 valence electrons. The van der Waals surface area contributed by atoms with E-state index in [1.165, 1.54) is 18.2 Å². The van der Waals surface area contributed by atoms with Crippen molar-refractivity contribution >= 4 is 69.3 Å². The first kappa shape index (κ1) is 24.6. The van der Waals surface area contributed by atoms with E-state index in [0.29, 0.717) is 55.4 Å². The fourth-order valence-electron chi connectivity index (χ4n) is 3.53. The number of para-hydroxylation sites is 2. The zero-order valence-electron chi connectivity index (χ0n) is 18.9. The summed E-state index contributed by atoms with van der Waals surface area (Å²) in [5.41, 5.74) is 2.90. The molecule has 7 nitrogen and oxygen atoms in total. The van der Waals surface area contributed by atoms with Crippen molar-refractivity contribution in [1.82, 2.24) is 10.3 Å². The van der Waals surface area contributed by atoms with Crippen LogP contribution in [0, 0.1) is 0 Å². The molecule has 0 saturated carbocycles. The van der Waals surface area contributed by atoms with Crippen molar-refractivity contribution < 1.29 is 18.7 Å². The van der Waals surface area contributed by atoms with Crippen molar-refractivity contribution in [2.45, 2.75) is 0 Å². The van der Waals surface area contributed by atoms with Crippen molar-refractivity contribution in [1.29, 1.82) is 0 Å². The SMILES string of the molecule is O=C(/C=C/c1ccc(-c2ccc(Cl)cc2Cl)o1)NC(=S)Nc1ccc(-c2nc3ccccc3o2)c(O)c1. The molecule has 5 rings (SSSR count). The highest BCUT2D eigenvalue weighted by molar-refractivity contribution is 7.80. The summed E-state index contributed by atoms with van der Waals surface area (Å²) in [5.74, 6) is 0.771. The van der Waals surface area contributed by atoms with Gasteiger partial charge in [-0.3, -0.25) is 10.1 Å². The molecular weight excluding hydrogens is 533 g/mol. The predicted molar refractivity (Wildman–Crippen MR) is 149 cm³/mol. The highest BCUT2D eigenvalue weighted by Crippen LogP contribution is 2.33. The molecular formula is C27H17Cl2N3O4S. The van der Waals surface area contributed by atoms with Gasteiger partial charge in [-0.15, -0.1) is 0 Å². The number of oxazole rings is 1. The molecule has 2 heterocycles. The molecule has 0 fully saturated rings. The maximum atomic E-state index is 12.3. The number of amides is 1. The molecule has 0 bridgehead atoms. The van der Waals surface area contributed by atoms with Gasteiger partial charge in [-0.1, -0.05) is 35.3 Å². The average Bonchev–Trinajstić information content (AvgIpc) is 3.50. The van der Waals surface area contributed by atoms with Crippen LogP contribution in [0.15, 0.2) is 87.7 Å². The number of benzene rings is 3. The van der Waals surface area contributed by atoms with Crippen molar-refractivity contribution in [3.8, 4) is 28.5 Å². The number of phenolic OH excluding ortho intramolecular Hbond substituents is 1. The number of nitrogens with zero attached hydrogens (tertiary/aromatic N) is 1. The van der Waals surface area contributed by atoms with E-state index in [1.54, 1.807) is 48.5 Å². The first-order valence-electron chi connectivity index (χ1n) is 10.9. The Labute approximate surface area is 226 Å². The lowest BCUT2D eigenvalue weighted by molar-refractivity contribution is -0.115. The summed E-state index contributed by atoms with van der Waals surface area (Å²) in [6.07, 6.45) is 2.79. The zero-order valence-corrected chi connectivity index (χ0v) is 21.2. The quantitative estimate of drug-likeness (QED) is 0.156. The molecule has 2 aromatic heterocycles. The van der Waals surface area contributed by atoms with Crippen molar-refractivity contribution in [2.24, 2.45) is 0 Å². The predicted octanol–water partition coefficient (Wildman–Crippen LogP) is 7.29. The molecule has 0 saturated heterocycles. The van der Waals surface area contributed by atoms with E-state index in [9.17, 15) is 9.90 Å². The molecule has 0 aliphatic carbocycles. The van der Waals surface area contributed by atoms with Gasteiger partial charge in [-0.25, -0.2) is 4.98 Å². The third-order valence-corrected chi connectivity index (χ3v) is 5.99. The largest absolute Gasteiger partial charge is 0.507 e. The summed E-state index contributed by atoms with van der Waals surface area (Å²) in [6.45, 7) is 0. The van der Waals surface area contributed by atoms with E-state index in [4.69, 9.17) is 44.3 Å². The Hall–Kier alpha value is -4.11. The average molecular weight is 550 g/mol. The van der Waals surface area contributed by atoms with Crippen LogP contribution >= 0.6 is 35.4 Å². The Morgan fingerprint density at radius 2 is 1.78 bits per heavy atom. The number of thiocarbonyl (C=S) groups is 1. The maximum Gasteiger partial charge on any atom is 0.250 e. The van der Waals surface area contributed by atoms with E-state index in [0.717, 1.165) is 0 Å². The normalized spacial score (nSPS) is 11.2. The number of carbonyl (C=O) groups excluding carboxylic acids is 1. The van der Waals surface area contributed by atoms with Gasteiger partial charge in [-0.05, 0) is 72.9 Å². The van der Waals surface area contributed by atoms with Crippen molar-refractivity contribution in [3.63, 3.8) is 0 Å². The van der Waals surface area contributed by atoms with Gasteiger partial charge in [0.15, 0.2) is 10.7 Å². The summed E-state index contributed by atoms with van der Waals surface area (Å²) in [4.78, 5) is 16.7. The Morgan fingerprint density at radius 1 is 0.973 bits per heavy atom. The molecule has 3 aromatic carbocycles. The van der Waals surface area contributed by atoms with Crippen LogP contribution in [0.1, 0.15) is 5.76 Å². The number of furan rings is 1. The fourth-order valence-corrected chi connectivity index (χ4v) is 4.25. The number of carbonyl (C=O) groups is 1. The minimum absolute atomic E-state index is 0.0525. The van der Waals surface area contributed by atoms with Crippen LogP contribution in [-0.4, -0.2) is 21.1 Å². The maximum absolute atomic E-state index is 12.3. The van der Waals surface area contributed by atoms with Gasteiger partial charge in [0.05, 0.1) is 10.6 Å². The highest BCUT2D eigenvalue weighted by Gasteiger charge is 2.13. The van der Waals surface area contributed by atoms with Crippen LogP contribution in [0.2, 0.25) is 10.0 Å². The van der Waals surface area contributed by atoms with Crippen LogP contribution in [0.25, 0.3) is 40.0 Å². The van der Waals surface area contributed by atoms with Crippen molar-refractivity contribution in [2.75, 3.05) is 5.32 Å². The van der Waals surface area contributed by atoms with Crippen LogP contribution < -0.4 is 10.6 Å². The third kappa shape index (κ3) is 5.67. The molecule has 0 atom stereocenters. The van der Waals surface area contributed by atoms with Crippen molar-refractivity contribution in [3.05, 3.63) is 94.7 Å². The van der Waals surface area contributed by atoms with Gasteiger partial charge in [0.1, 0.15) is 22.8 Å². The molecule has 10 heteroatoms. The Bertz CT molecular complexity index is 1640. The minimum atomic E-state index is -0.465. The molecule has 3 N–H and O–H groups in total. The number of halogens is 2. The lowest BCUT2D eigenvalue weighted by Gasteiger charge is -2.09. The molecule has 0 aliphatic heterocycles. The number of phenols is 1. The second-order valence-corrected chi connectivity index (χ2v) is 9.07. The van der Waals surface area contributed by atoms with Gasteiger partial charge in [-0.2, -0.15) is 0 Å². The number of rotatable bonds is 5. The molecule has 1 amide bonds. The Balaban J connectivity index is 1.20. The molecule has 37 heavy (non-hydrogen) atoms. The number of anilines is 1. The van der Waals surface area contributed by atoms with E-state index < -0.39 is 5.91 Å². The molecule has 0 aliphatic rings. The number of aromatic hydroxyl groups is 1. The zero-order chi connectivity index (χ0) is 25.9. The Morgan fingerprint density at radius 3 is 2.57 bits per heavy atom. The monoisotopic (exact) mass is 549 g/mol. The number of hydrogen-bond acceptors (Lipinski definition) is 6. The standard InChI is InChI=1S/C27H17Cl2N3O4S/c28-15-5-9-18(20(29)13-15)23-11-7-17(35-23)8-12-25(34)32-27(37)30-16-6-10-19(22(33)14-16)26-31-21-3-1-2-4-24(21)36-26/h1-14,33H,(H2,30,32,34,37)/b12-8+. The van der Waals surface area contributed by atoms with Gasteiger partial charge in [0.2, 0.25) is 11.8 Å².